The highest BCUT2D eigenvalue weighted by atomic mass is 32.2. The van der Waals surface area contributed by atoms with Gasteiger partial charge in [0.05, 0.1) is 5.25 Å². The van der Waals surface area contributed by atoms with Crippen molar-refractivity contribution in [1.29, 1.82) is 0 Å². The van der Waals surface area contributed by atoms with Crippen molar-refractivity contribution in [3.05, 3.63) is 41.7 Å². The number of hydrogen-bond donors (Lipinski definition) is 0. The Morgan fingerprint density at radius 1 is 1.23 bits per heavy atom. The fourth-order valence-corrected chi connectivity index (χ4v) is 4.07. The van der Waals surface area contributed by atoms with Gasteiger partial charge in [-0.2, -0.15) is 0 Å². The number of Topliss-reactive ketones (excluding diaryl/α,β-unsaturated/α-hetero) is 1. The van der Waals surface area contributed by atoms with E-state index in [-0.39, 0.29) is 5.25 Å². The third kappa shape index (κ3) is 3.40. The van der Waals surface area contributed by atoms with Crippen LogP contribution in [0.2, 0.25) is 0 Å². The molecule has 1 unspecified atom stereocenters. The van der Waals surface area contributed by atoms with Crippen molar-refractivity contribution >= 4 is 17.5 Å². The fourth-order valence-electron chi connectivity index (χ4n) is 2.84. The Labute approximate surface area is 135 Å². The van der Waals surface area contributed by atoms with Crippen molar-refractivity contribution in [2.45, 2.75) is 56.0 Å². The maximum atomic E-state index is 12.0. The zero-order valence-corrected chi connectivity index (χ0v) is 13.7. The normalized spacial score (nSPS) is 18.6. The van der Waals surface area contributed by atoms with E-state index in [0.29, 0.717) is 5.78 Å². The van der Waals surface area contributed by atoms with E-state index in [9.17, 15) is 4.79 Å². The molecule has 1 aliphatic rings. The van der Waals surface area contributed by atoms with Gasteiger partial charge in [0, 0.05) is 19.4 Å². The molecule has 5 heteroatoms. The van der Waals surface area contributed by atoms with E-state index in [2.05, 4.69) is 33.8 Å². The van der Waals surface area contributed by atoms with Gasteiger partial charge in [-0.05, 0) is 25.3 Å². The van der Waals surface area contributed by atoms with Crippen LogP contribution in [-0.4, -0.2) is 25.8 Å². The molecule has 0 amide bonds. The Balaban J connectivity index is 1.76. The van der Waals surface area contributed by atoms with Crippen LogP contribution in [0.25, 0.3) is 0 Å². The lowest BCUT2D eigenvalue weighted by Gasteiger charge is -2.19. The number of ketones is 1. The summed E-state index contributed by atoms with van der Waals surface area (Å²) >= 11 is 1.60. The molecule has 0 spiro atoms. The predicted molar refractivity (Wildman–Crippen MR) is 88.1 cm³/mol. The molecule has 0 saturated heterocycles. The number of rotatable bonds is 5. The highest BCUT2D eigenvalue weighted by Crippen LogP contribution is 2.31. The second-order valence-corrected chi connectivity index (χ2v) is 6.79. The quantitative estimate of drug-likeness (QED) is 0.847. The molecule has 1 aromatic heterocycles. The van der Waals surface area contributed by atoms with Crippen LogP contribution in [-0.2, 0) is 17.8 Å². The molecule has 116 valence electrons. The van der Waals surface area contributed by atoms with Crippen molar-refractivity contribution in [2.75, 3.05) is 0 Å². The molecule has 2 aromatic rings. The summed E-state index contributed by atoms with van der Waals surface area (Å²) in [5.74, 6) is 1.34. The lowest BCUT2D eigenvalue weighted by atomic mass is 9.99. The molecule has 0 radical (unpaired) electrons. The summed E-state index contributed by atoms with van der Waals surface area (Å²) in [6.45, 7) is 2.93. The third-order valence-corrected chi connectivity index (χ3v) is 5.36. The summed E-state index contributed by atoms with van der Waals surface area (Å²) < 4.78 is 2.14. The van der Waals surface area contributed by atoms with Gasteiger partial charge in [-0.25, -0.2) is 0 Å². The first-order valence-corrected chi connectivity index (χ1v) is 8.81. The van der Waals surface area contributed by atoms with Crippen LogP contribution in [0.5, 0.6) is 0 Å². The van der Waals surface area contributed by atoms with Gasteiger partial charge < -0.3 is 4.57 Å². The Hall–Kier alpha value is -1.62. The Morgan fingerprint density at radius 2 is 2.05 bits per heavy atom. The largest absolute Gasteiger partial charge is 0.306 e. The van der Waals surface area contributed by atoms with Crippen molar-refractivity contribution in [2.24, 2.45) is 0 Å². The molecule has 1 aromatic carbocycles. The van der Waals surface area contributed by atoms with E-state index >= 15 is 0 Å². The molecular weight excluding hydrogens is 294 g/mol. The Bertz CT molecular complexity index is 639. The van der Waals surface area contributed by atoms with Crippen LogP contribution >= 0.6 is 11.8 Å². The van der Waals surface area contributed by atoms with E-state index in [1.165, 1.54) is 5.56 Å². The molecule has 1 heterocycles. The van der Waals surface area contributed by atoms with Gasteiger partial charge in [0.1, 0.15) is 11.6 Å². The van der Waals surface area contributed by atoms with Crippen LogP contribution in [0.4, 0.5) is 0 Å². The Kier molecular flexibility index (Phi) is 4.93. The first kappa shape index (κ1) is 15.3. The third-order valence-electron chi connectivity index (χ3n) is 4.06. The van der Waals surface area contributed by atoms with Crippen molar-refractivity contribution < 1.29 is 4.79 Å². The summed E-state index contributed by atoms with van der Waals surface area (Å²) in [6, 6.07) is 10.3. The molecule has 3 rings (SSSR count). The minimum absolute atomic E-state index is 0.0628. The van der Waals surface area contributed by atoms with E-state index in [0.717, 1.165) is 49.6 Å². The van der Waals surface area contributed by atoms with Gasteiger partial charge in [0.2, 0.25) is 0 Å². The van der Waals surface area contributed by atoms with E-state index in [1.54, 1.807) is 11.8 Å². The van der Waals surface area contributed by atoms with Crippen LogP contribution in [0, 0.1) is 0 Å². The molecule has 22 heavy (non-hydrogen) atoms. The van der Waals surface area contributed by atoms with Crippen molar-refractivity contribution in [3.8, 4) is 0 Å². The van der Waals surface area contributed by atoms with Crippen LogP contribution in [0.3, 0.4) is 0 Å². The molecule has 1 aliphatic carbocycles. The molecule has 1 atom stereocenters. The lowest BCUT2D eigenvalue weighted by Crippen LogP contribution is -2.22. The molecule has 0 aliphatic heterocycles. The topological polar surface area (TPSA) is 47.8 Å². The first-order valence-electron chi connectivity index (χ1n) is 7.93. The van der Waals surface area contributed by atoms with Crippen LogP contribution in [0.15, 0.2) is 35.5 Å². The van der Waals surface area contributed by atoms with Gasteiger partial charge in [0.15, 0.2) is 5.16 Å². The van der Waals surface area contributed by atoms with E-state index < -0.39 is 0 Å². The van der Waals surface area contributed by atoms with Crippen LogP contribution < -0.4 is 0 Å². The standard InChI is InChI=1S/C17H21N3OS/c1-2-20-16(12-13-8-4-3-5-9-13)18-19-17(20)22-15-11-7-6-10-14(15)21/h3-5,8-9,15H,2,6-7,10-12H2,1H3. The molecule has 0 bridgehead atoms. The number of nitrogens with zero attached hydrogens (tertiary/aromatic N) is 3. The maximum absolute atomic E-state index is 12.0. The van der Waals surface area contributed by atoms with Gasteiger partial charge in [-0.1, -0.05) is 48.5 Å². The number of carbonyl (C=O) groups excluding carboxylic acids is 1. The SMILES string of the molecule is CCn1c(Cc2ccccc2)nnc1SC1CCCCC1=O. The smallest absolute Gasteiger partial charge is 0.191 e. The average molecular weight is 315 g/mol. The summed E-state index contributed by atoms with van der Waals surface area (Å²) in [4.78, 5) is 12.0. The summed E-state index contributed by atoms with van der Waals surface area (Å²) in [5.41, 5.74) is 1.23. The first-order chi connectivity index (χ1) is 10.8. The minimum atomic E-state index is 0.0628. The Morgan fingerprint density at radius 3 is 2.77 bits per heavy atom. The van der Waals surface area contributed by atoms with Gasteiger partial charge in [-0.15, -0.1) is 10.2 Å². The average Bonchev–Trinajstić information content (AvgIpc) is 2.92. The number of benzene rings is 1. The molecule has 0 N–H and O–H groups in total. The van der Waals surface area contributed by atoms with Crippen molar-refractivity contribution in [3.63, 3.8) is 0 Å². The van der Waals surface area contributed by atoms with Crippen LogP contribution in [0.1, 0.15) is 44.0 Å². The van der Waals surface area contributed by atoms with Crippen molar-refractivity contribution in [1.82, 2.24) is 14.8 Å². The van der Waals surface area contributed by atoms with E-state index in [1.807, 2.05) is 18.2 Å². The lowest BCUT2D eigenvalue weighted by molar-refractivity contribution is -0.119. The molecule has 4 nitrogen and oxygen atoms in total. The van der Waals surface area contributed by atoms with Gasteiger partial charge in [0.25, 0.3) is 0 Å². The summed E-state index contributed by atoms with van der Waals surface area (Å²) in [6.07, 6.45) is 4.64. The van der Waals surface area contributed by atoms with Gasteiger partial charge in [-0.3, -0.25) is 4.79 Å². The highest BCUT2D eigenvalue weighted by molar-refractivity contribution is 8.00. The monoisotopic (exact) mass is 315 g/mol. The molecular formula is C17H21N3OS. The molecule has 1 fully saturated rings. The number of aromatic nitrogens is 3. The number of thioether (sulfide) groups is 1. The summed E-state index contributed by atoms with van der Waals surface area (Å²) in [7, 11) is 0. The second-order valence-electron chi connectivity index (χ2n) is 5.62. The predicted octanol–water partition coefficient (Wildman–Crippen LogP) is 3.49. The number of hydrogen-bond acceptors (Lipinski definition) is 4. The zero-order chi connectivity index (χ0) is 15.4. The highest BCUT2D eigenvalue weighted by Gasteiger charge is 2.25. The molecule has 1 saturated carbocycles. The maximum Gasteiger partial charge on any atom is 0.191 e. The second kappa shape index (κ2) is 7.09. The van der Waals surface area contributed by atoms with E-state index in [4.69, 9.17) is 0 Å². The number of carbonyl (C=O) groups is 1. The van der Waals surface area contributed by atoms with Gasteiger partial charge >= 0.3 is 0 Å². The summed E-state index contributed by atoms with van der Waals surface area (Å²) in [5, 5.41) is 9.63. The minimum Gasteiger partial charge on any atom is -0.306 e. The fraction of sp³-hybridized carbons (Fsp3) is 0.471. The zero-order valence-electron chi connectivity index (χ0n) is 12.9.